The van der Waals surface area contributed by atoms with E-state index in [1.54, 1.807) is 6.07 Å². The second kappa shape index (κ2) is 7.21. The molecule has 0 bridgehead atoms. The van der Waals surface area contributed by atoms with Crippen molar-refractivity contribution >= 4 is 16.9 Å². The van der Waals surface area contributed by atoms with Crippen molar-refractivity contribution in [1.82, 2.24) is 4.98 Å². The third kappa shape index (κ3) is 4.26. The van der Waals surface area contributed by atoms with Crippen LogP contribution in [0, 0.1) is 0 Å². The first-order chi connectivity index (χ1) is 12.0. The van der Waals surface area contributed by atoms with Crippen LogP contribution in [-0.2, 0) is 6.61 Å². The summed E-state index contributed by atoms with van der Waals surface area (Å²) in [5.74, 6) is -0.121. The van der Waals surface area contributed by atoms with Gasteiger partial charge >= 0.3 is 5.97 Å². The predicted octanol–water partition coefficient (Wildman–Crippen LogP) is 4.30. The molecule has 0 atom stereocenters. The Morgan fingerprint density at radius 1 is 1.08 bits per heavy atom. The number of rotatable bonds is 6. The van der Waals surface area contributed by atoms with Gasteiger partial charge in [-0.15, -0.1) is 0 Å². The zero-order valence-electron chi connectivity index (χ0n) is 14.1. The van der Waals surface area contributed by atoms with Crippen molar-refractivity contribution in [3.8, 4) is 11.5 Å². The van der Waals surface area contributed by atoms with Gasteiger partial charge in [0.1, 0.15) is 18.1 Å². The first-order valence-corrected chi connectivity index (χ1v) is 8.04. The van der Waals surface area contributed by atoms with E-state index in [9.17, 15) is 9.90 Å². The normalized spacial score (nSPS) is 10.8. The molecule has 0 aliphatic rings. The Hall–Kier alpha value is -3.08. The molecule has 5 heteroatoms. The minimum Gasteiger partial charge on any atom is -0.491 e. The highest BCUT2D eigenvalue weighted by atomic mass is 16.5. The van der Waals surface area contributed by atoms with Crippen LogP contribution in [0.2, 0.25) is 0 Å². The standard InChI is InChI=1S/C20H19NO4/c1-13(2)25-18-10-15(20(22)23)9-17(11-18)24-12-16-8-7-14-5-3-4-6-19(14)21-16/h3-11,13H,12H2,1-2H3,(H,22,23). The Bertz CT molecular complexity index is 905. The highest BCUT2D eigenvalue weighted by molar-refractivity contribution is 5.88. The van der Waals surface area contributed by atoms with Crippen LogP contribution in [0.15, 0.2) is 54.6 Å². The minimum absolute atomic E-state index is 0.0564. The van der Waals surface area contributed by atoms with Crippen molar-refractivity contribution in [3.63, 3.8) is 0 Å². The molecular weight excluding hydrogens is 318 g/mol. The zero-order chi connectivity index (χ0) is 17.8. The summed E-state index contributed by atoms with van der Waals surface area (Å²) in [6.07, 6.45) is -0.0564. The third-order valence-corrected chi connectivity index (χ3v) is 3.54. The Morgan fingerprint density at radius 2 is 1.84 bits per heavy atom. The smallest absolute Gasteiger partial charge is 0.335 e. The van der Waals surface area contributed by atoms with Crippen molar-refractivity contribution in [2.24, 2.45) is 0 Å². The summed E-state index contributed by atoms with van der Waals surface area (Å²) in [6.45, 7) is 4.01. The monoisotopic (exact) mass is 337 g/mol. The van der Waals surface area contributed by atoms with Crippen molar-refractivity contribution in [2.75, 3.05) is 0 Å². The number of pyridine rings is 1. The van der Waals surface area contributed by atoms with Gasteiger partial charge in [0.2, 0.25) is 0 Å². The highest BCUT2D eigenvalue weighted by Crippen LogP contribution is 2.25. The fourth-order valence-corrected chi connectivity index (χ4v) is 2.46. The molecule has 5 nitrogen and oxygen atoms in total. The van der Waals surface area contributed by atoms with Gasteiger partial charge in [0.05, 0.1) is 22.9 Å². The lowest BCUT2D eigenvalue weighted by Gasteiger charge is -2.13. The molecule has 128 valence electrons. The van der Waals surface area contributed by atoms with Gasteiger partial charge in [0, 0.05) is 11.5 Å². The number of carboxylic acids is 1. The Labute approximate surface area is 145 Å². The molecule has 0 saturated heterocycles. The van der Waals surface area contributed by atoms with Gasteiger partial charge in [-0.05, 0) is 38.1 Å². The zero-order valence-corrected chi connectivity index (χ0v) is 14.1. The number of hydrogen-bond acceptors (Lipinski definition) is 4. The maximum atomic E-state index is 11.3. The van der Waals surface area contributed by atoms with Crippen LogP contribution < -0.4 is 9.47 Å². The molecule has 1 heterocycles. The molecule has 3 rings (SSSR count). The van der Waals surface area contributed by atoms with Gasteiger partial charge in [-0.2, -0.15) is 0 Å². The van der Waals surface area contributed by atoms with Crippen molar-refractivity contribution < 1.29 is 19.4 Å². The van der Waals surface area contributed by atoms with Gasteiger partial charge in [-0.25, -0.2) is 9.78 Å². The van der Waals surface area contributed by atoms with E-state index in [1.807, 2.05) is 50.2 Å². The molecule has 3 aromatic rings. The molecular formula is C20H19NO4. The second-order valence-electron chi connectivity index (χ2n) is 5.95. The van der Waals surface area contributed by atoms with Gasteiger partial charge in [-0.3, -0.25) is 0 Å². The van der Waals surface area contributed by atoms with E-state index < -0.39 is 5.97 Å². The molecule has 0 aliphatic heterocycles. The van der Waals surface area contributed by atoms with Crippen LogP contribution in [0.3, 0.4) is 0 Å². The third-order valence-electron chi connectivity index (χ3n) is 3.54. The number of benzene rings is 2. The number of hydrogen-bond donors (Lipinski definition) is 1. The molecule has 2 aromatic carbocycles. The number of ether oxygens (including phenoxy) is 2. The van der Waals surface area contributed by atoms with Crippen molar-refractivity contribution in [1.29, 1.82) is 0 Å². The molecule has 0 radical (unpaired) electrons. The average molecular weight is 337 g/mol. The van der Waals surface area contributed by atoms with Crippen LogP contribution in [0.25, 0.3) is 10.9 Å². The van der Waals surface area contributed by atoms with Crippen LogP contribution >= 0.6 is 0 Å². The summed E-state index contributed by atoms with van der Waals surface area (Å²) < 4.78 is 11.3. The van der Waals surface area contributed by atoms with Crippen molar-refractivity contribution in [2.45, 2.75) is 26.6 Å². The fraction of sp³-hybridized carbons (Fsp3) is 0.200. The van der Waals surface area contributed by atoms with E-state index in [1.165, 1.54) is 12.1 Å². The number of nitrogens with zero attached hydrogens (tertiary/aromatic N) is 1. The van der Waals surface area contributed by atoms with Crippen LogP contribution in [0.5, 0.6) is 11.5 Å². The van der Waals surface area contributed by atoms with Gasteiger partial charge in [0.15, 0.2) is 0 Å². The average Bonchev–Trinajstić information content (AvgIpc) is 2.59. The van der Waals surface area contributed by atoms with E-state index >= 15 is 0 Å². The maximum absolute atomic E-state index is 11.3. The largest absolute Gasteiger partial charge is 0.491 e. The molecule has 25 heavy (non-hydrogen) atoms. The topological polar surface area (TPSA) is 68.7 Å². The van der Waals surface area contributed by atoms with Crippen LogP contribution in [0.4, 0.5) is 0 Å². The number of carboxylic acid groups (broad SMARTS) is 1. The number of para-hydroxylation sites is 1. The Morgan fingerprint density at radius 3 is 2.60 bits per heavy atom. The summed E-state index contributed by atoms with van der Waals surface area (Å²) in [4.78, 5) is 15.8. The summed E-state index contributed by atoms with van der Waals surface area (Å²) in [5.41, 5.74) is 1.79. The number of aromatic nitrogens is 1. The highest BCUT2D eigenvalue weighted by Gasteiger charge is 2.10. The van der Waals surface area contributed by atoms with E-state index in [0.717, 1.165) is 16.6 Å². The Kier molecular flexibility index (Phi) is 4.84. The van der Waals surface area contributed by atoms with Crippen LogP contribution in [-0.4, -0.2) is 22.2 Å². The lowest BCUT2D eigenvalue weighted by atomic mass is 10.2. The van der Waals surface area contributed by atoms with E-state index in [2.05, 4.69) is 4.98 Å². The summed E-state index contributed by atoms with van der Waals surface area (Å²) in [6, 6.07) is 16.4. The minimum atomic E-state index is -1.03. The summed E-state index contributed by atoms with van der Waals surface area (Å²) >= 11 is 0. The lowest BCUT2D eigenvalue weighted by Crippen LogP contribution is -2.07. The summed E-state index contributed by atoms with van der Waals surface area (Å²) in [7, 11) is 0. The number of aromatic carboxylic acids is 1. The number of carbonyl (C=O) groups is 1. The SMILES string of the molecule is CC(C)Oc1cc(OCc2ccc3ccccc3n2)cc(C(=O)O)c1. The van der Waals surface area contributed by atoms with E-state index in [4.69, 9.17) is 9.47 Å². The maximum Gasteiger partial charge on any atom is 0.335 e. The predicted molar refractivity (Wildman–Crippen MR) is 95.2 cm³/mol. The fourth-order valence-electron chi connectivity index (χ4n) is 2.46. The van der Waals surface area contributed by atoms with Gasteiger partial charge in [-0.1, -0.05) is 24.3 Å². The molecule has 0 saturated carbocycles. The molecule has 1 aromatic heterocycles. The Balaban J connectivity index is 1.80. The molecule has 1 N–H and O–H groups in total. The quantitative estimate of drug-likeness (QED) is 0.726. The van der Waals surface area contributed by atoms with Crippen LogP contribution in [0.1, 0.15) is 29.9 Å². The first kappa shape index (κ1) is 16.8. The molecule has 0 amide bonds. The second-order valence-corrected chi connectivity index (χ2v) is 5.95. The molecule has 0 unspecified atom stereocenters. The lowest BCUT2D eigenvalue weighted by molar-refractivity contribution is 0.0695. The van der Waals surface area contributed by atoms with Gasteiger partial charge < -0.3 is 14.6 Å². The summed E-state index contributed by atoms with van der Waals surface area (Å²) in [5, 5.41) is 10.3. The van der Waals surface area contributed by atoms with Gasteiger partial charge in [0.25, 0.3) is 0 Å². The number of fused-ring (bicyclic) bond motifs is 1. The molecule has 0 aliphatic carbocycles. The molecule has 0 fully saturated rings. The first-order valence-electron chi connectivity index (χ1n) is 8.04. The molecule has 0 spiro atoms. The van der Waals surface area contributed by atoms with E-state index in [0.29, 0.717) is 11.5 Å². The van der Waals surface area contributed by atoms with E-state index in [-0.39, 0.29) is 18.3 Å². The van der Waals surface area contributed by atoms with Crippen molar-refractivity contribution in [3.05, 3.63) is 65.9 Å².